The molecule has 99 valence electrons. The average molecular weight is 255 g/mol. The van der Waals surface area contributed by atoms with Crippen LogP contribution in [-0.4, -0.2) is 38.0 Å². The predicted molar refractivity (Wildman–Crippen MR) is 78.8 cm³/mol. The Bertz CT molecular complexity index is 431. The van der Waals surface area contributed by atoms with Crippen molar-refractivity contribution >= 4 is 19.3 Å². The maximum absolute atomic E-state index is 10.5. The van der Waals surface area contributed by atoms with E-state index in [1.165, 1.54) is 24.9 Å². The van der Waals surface area contributed by atoms with Gasteiger partial charge in [0, 0.05) is 12.2 Å². The van der Waals surface area contributed by atoms with E-state index >= 15 is 0 Å². The summed E-state index contributed by atoms with van der Waals surface area (Å²) in [5.41, 5.74) is 1.72. The number of carbonyl (C=O) groups excluding carboxylic acids is 1. The van der Waals surface area contributed by atoms with Crippen molar-refractivity contribution in [3.63, 3.8) is 0 Å². The second-order valence-corrected chi connectivity index (χ2v) is 6.03. The Hall–Kier alpha value is -1.29. The first-order valence-electron chi connectivity index (χ1n) is 7.11. The quantitative estimate of drug-likeness (QED) is 0.645. The minimum Gasteiger partial charge on any atom is -0.385 e. The molecule has 0 unspecified atom stereocenters. The molecule has 4 heteroatoms. The third-order valence-corrected chi connectivity index (χ3v) is 4.55. The number of nitrogens with zero attached hydrogens (tertiary/aromatic N) is 1. The second-order valence-electron chi connectivity index (χ2n) is 6.03. The first kappa shape index (κ1) is 12.7. The van der Waals surface area contributed by atoms with Crippen molar-refractivity contribution in [2.45, 2.75) is 19.3 Å². The van der Waals surface area contributed by atoms with Crippen LogP contribution >= 0.6 is 0 Å². The largest absolute Gasteiger partial charge is 0.385 e. The fraction of sp³-hybridized carbons (Fsp3) is 0.533. The van der Waals surface area contributed by atoms with Crippen molar-refractivity contribution in [1.29, 1.82) is 0 Å². The smallest absolute Gasteiger partial charge is 0.293 e. The van der Waals surface area contributed by atoms with Crippen molar-refractivity contribution in [3.8, 4) is 0 Å². The molecule has 1 radical (unpaired) electrons. The average Bonchev–Trinajstić information content (AvgIpc) is 2.81. The van der Waals surface area contributed by atoms with Crippen molar-refractivity contribution in [3.05, 3.63) is 30.3 Å². The van der Waals surface area contributed by atoms with E-state index in [1.54, 1.807) is 7.41 Å². The van der Waals surface area contributed by atoms with E-state index in [9.17, 15) is 4.79 Å². The zero-order chi connectivity index (χ0) is 13.1. The summed E-state index contributed by atoms with van der Waals surface area (Å²) < 4.78 is 0. The Kier molecular flexibility index (Phi) is 3.60. The molecule has 0 aromatic heterocycles. The number of carbonyl (C=O) groups is 1. The number of benzene rings is 1. The van der Waals surface area contributed by atoms with Gasteiger partial charge in [0.2, 0.25) is 0 Å². The number of nitrogens with one attached hydrogen (secondary N) is 1. The Labute approximate surface area is 115 Å². The van der Waals surface area contributed by atoms with Crippen molar-refractivity contribution in [2.24, 2.45) is 11.3 Å². The van der Waals surface area contributed by atoms with E-state index in [1.807, 2.05) is 6.07 Å². The highest BCUT2D eigenvalue weighted by molar-refractivity contribution is 6.64. The van der Waals surface area contributed by atoms with Crippen LogP contribution in [0.15, 0.2) is 30.3 Å². The minimum absolute atomic E-state index is 0.503. The summed E-state index contributed by atoms with van der Waals surface area (Å²) in [6.07, 6.45) is 4.76. The summed E-state index contributed by atoms with van der Waals surface area (Å²) in [6.45, 7) is 3.20. The third-order valence-electron chi connectivity index (χ3n) is 4.55. The summed E-state index contributed by atoms with van der Waals surface area (Å²) in [5, 5.41) is 3.51. The molecule has 1 aromatic rings. The highest BCUT2D eigenvalue weighted by Gasteiger charge is 2.47. The number of hydrogen-bond donors (Lipinski definition) is 1. The van der Waals surface area contributed by atoms with Crippen molar-refractivity contribution < 1.29 is 4.79 Å². The van der Waals surface area contributed by atoms with Gasteiger partial charge in [0.25, 0.3) is 7.41 Å². The highest BCUT2D eigenvalue weighted by atomic mass is 16.1. The fourth-order valence-corrected chi connectivity index (χ4v) is 3.64. The topological polar surface area (TPSA) is 32.3 Å². The molecule has 1 saturated carbocycles. The van der Waals surface area contributed by atoms with Crippen LogP contribution in [0.4, 0.5) is 5.69 Å². The predicted octanol–water partition coefficient (Wildman–Crippen LogP) is 2.01. The van der Waals surface area contributed by atoms with Gasteiger partial charge in [0.05, 0.1) is 6.19 Å². The summed E-state index contributed by atoms with van der Waals surface area (Å²) in [7, 11) is 1.70. The highest BCUT2D eigenvalue weighted by Crippen LogP contribution is 2.51. The van der Waals surface area contributed by atoms with E-state index < -0.39 is 0 Å². The van der Waals surface area contributed by atoms with Gasteiger partial charge in [-0.05, 0) is 55.8 Å². The minimum atomic E-state index is 0.503. The normalized spacial score (nSPS) is 30.0. The molecule has 0 amide bonds. The molecule has 1 aliphatic heterocycles. The Morgan fingerprint density at radius 3 is 2.89 bits per heavy atom. The Morgan fingerprint density at radius 2 is 2.16 bits per heavy atom. The molecule has 0 atom stereocenters. The molecule has 1 heterocycles. The van der Waals surface area contributed by atoms with E-state index in [2.05, 4.69) is 34.4 Å². The number of para-hydroxylation sites is 1. The van der Waals surface area contributed by atoms with Crippen LogP contribution in [0.5, 0.6) is 0 Å². The summed E-state index contributed by atoms with van der Waals surface area (Å²) in [4.78, 5) is 12.7. The van der Waals surface area contributed by atoms with Gasteiger partial charge in [-0.15, -0.1) is 0 Å². The van der Waals surface area contributed by atoms with Gasteiger partial charge >= 0.3 is 0 Å². The van der Waals surface area contributed by atoms with Crippen LogP contribution in [0, 0.1) is 11.3 Å². The zero-order valence-corrected chi connectivity index (χ0v) is 11.2. The maximum atomic E-state index is 10.5. The Balaban J connectivity index is 1.42. The number of anilines is 1. The molecule has 1 N–H and O–H groups in total. The standard InChI is InChI=1S/C15H20BN2O/c19-12-16-18-7-6-15(11-18)8-13(9-15)10-17-14-4-2-1-3-5-14/h1-5,12-13,17H,6-11H2. The lowest BCUT2D eigenvalue weighted by molar-refractivity contribution is 0.0793. The molecule has 3 nitrogen and oxygen atoms in total. The second kappa shape index (κ2) is 5.37. The zero-order valence-electron chi connectivity index (χ0n) is 11.2. The summed E-state index contributed by atoms with van der Waals surface area (Å²) in [5.74, 6) is 0.788. The van der Waals surface area contributed by atoms with Crippen LogP contribution in [0.2, 0.25) is 0 Å². The van der Waals surface area contributed by atoms with Crippen LogP contribution in [0.25, 0.3) is 0 Å². The van der Waals surface area contributed by atoms with Gasteiger partial charge in [0.1, 0.15) is 0 Å². The Morgan fingerprint density at radius 1 is 1.37 bits per heavy atom. The first-order valence-corrected chi connectivity index (χ1v) is 7.11. The SMILES string of the molecule is O=C[B]N1CCC2(CC(CNc3ccccc3)C2)C1. The van der Waals surface area contributed by atoms with Crippen molar-refractivity contribution in [2.75, 3.05) is 25.0 Å². The van der Waals surface area contributed by atoms with Gasteiger partial charge < -0.3 is 14.9 Å². The molecule has 1 aromatic carbocycles. The lowest BCUT2D eigenvalue weighted by Crippen LogP contribution is -2.43. The third kappa shape index (κ3) is 2.84. The van der Waals surface area contributed by atoms with E-state index in [-0.39, 0.29) is 0 Å². The van der Waals surface area contributed by atoms with Gasteiger partial charge in [0.15, 0.2) is 0 Å². The van der Waals surface area contributed by atoms with Crippen LogP contribution in [0.3, 0.4) is 0 Å². The molecular formula is C15H20BN2O. The van der Waals surface area contributed by atoms with E-state index in [0.717, 1.165) is 31.7 Å². The fourth-order valence-electron chi connectivity index (χ4n) is 3.64. The first-order chi connectivity index (χ1) is 9.30. The molecule has 2 aliphatic rings. The molecule has 19 heavy (non-hydrogen) atoms. The van der Waals surface area contributed by atoms with Crippen LogP contribution in [-0.2, 0) is 4.79 Å². The molecule has 2 fully saturated rings. The molecule has 3 rings (SSSR count). The van der Waals surface area contributed by atoms with Gasteiger partial charge in [-0.3, -0.25) is 0 Å². The van der Waals surface area contributed by atoms with E-state index in [0.29, 0.717) is 5.41 Å². The van der Waals surface area contributed by atoms with E-state index in [4.69, 9.17) is 0 Å². The summed E-state index contributed by atoms with van der Waals surface area (Å²) >= 11 is 0. The molecular weight excluding hydrogens is 235 g/mol. The summed E-state index contributed by atoms with van der Waals surface area (Å²) in [6, 6.07) is 10.4. The molecule has 1 spiro atoms. The number of rotatable bonds is 5. The number of hydrogen-bond acceptors (Lipinski definition) is 3. The van der Waals surface area contributed by atoms with Crippen LogP contribution in [0.1, 0.15) is 19.3 Å². The molecule has 0 bridgehead atoms. The lowest BCUT2D eigenvalue weighted by atomic mass is 9.61. The van der Waals surface area contributed by atoms with Gasteiger partial charge in [-0.2, -0.15) is 0 Å². The molecule has 1 aliphatic carbocycles. The molecule has 1 saturated heterocycles. The van der Waals surface area contributed by atoms with Gasteiger partial charge in [-0.1, -0.05) is 18.2 Å². The maximum Gasteiger partial charge on any atom is 0.293 e. The van der Waals surface area contributed by atoms with Crippen LogP contribution < -0.4 is 5.32 Å². The monoisotopic (exact) mass is 255 g/mol. The lowest BCUT2D eigenvalue weighted by Gasteiger charge is -2.45. The van der Waals surface area contributed by atoms with Crippen molar-refractivity contribution in [1.82, 2.24) is 4.81 Å². The van der Waals surface area contributed by atoms with Gasteiger partial charge in [-0.25, -0.2) is 0 Å².